The van der Waals surface area contributed by atoms with Crippen molar-refractivity contribution in [2.24, 2.45) is 0 Å². The molecule has 0 radical (unpaired) electrons. The van der Waals surface area contributed by atoms with Gasteiger partial charge in [-0.2, -0.15) is 5.10 Å². The predicted octanol–water partition coefficient (Wildman–Crippen LogP) is 1.62. The summed E-state index contributed by atoms with van der Waals surface area (Å²) in [7, 11) is 0. The normalized spacial score (nSPS) is 20.6. The number of carbonyl (C=O) groups excluding carboxylic acids is 1. The Hall–Kier alpha value is -1.92. The molecule has 3 rings (SSSR count). The number of rotatable bonds is 4. The molecule has 2 N–H and O–H groups in total. The lowest BCUT2D eigenvalue weighted by atomic mass is 9.99. The Morgan fingerprint density at radius 3 is 3.00 bits per heavy atom. The van der Waals surface area contributed by atoms with Crippen molar-refractivity contribution in [1.29, 1.82) is 0 Å². The summed E-state index contributed by atoms with van der Waals surface area (Å²) in [6, 6.07) is 8.35. The molecule has 1 saturated heterocycles. The minimum absolute atomic E-state index is 0. The van der Waals surface area contributed by atoms with Crippen LogP contribution in [0, 0.1) is 0 Å². The van der Waals surface area contributed by atoms with Crippen LogP contribution in [0.5, 0.6) is 0 Å². The van der Waals surface area contributed by atoms with Crippen molar-refractivity contribution >= 4 is 18.3 Å². The molecular formula is C16H22ClN5O. The minimum atomic E-state index is -0.00480. The second-order valence-corrected chi connectivity index (χ2v) is 5.80. The van der Waals surface area contributed by atoms with Gasteiger partial charge in [0.05, 0.1) is 6.54 Å². The highest BCUT2D eigenvalue weighted by molar-refractivity contribution is 5.95. The first kappa shape index (κ1) is 17.4. The number of piperidine rings is 1. The summed E-state index contributed by atoms with van der Waals surface area (Å²) in [5, 5.41) is 10.7. The van der Waals surface area contributed by atoms with E-state index in [1.165, 1.54) is 6.33 Å². The van der Waals surface area contributed by atoms with Crippen LogP contribution >= 0.6 is 12.4 Å². The topological polar surface area (TPSA) is 71.8 Å². The molecular weight excluding hydrogens is 314 g/mol. The molecule has 0 spiro atoms. The zero-order valence-electron chi connectivity index (χ0n) is 13.1. The first-order chi connectivity index (χ1) is 10.7. The standard InChI is InChI=1S/C16H21N5O.ClH/c1-12-8-14(6-7-18-12)20-16(22)15-5-3-2-4-13(15)9-21-11-17-10-19-21;/h2-5,10-12,14,18H,6-9H2,1H3,(H,20,22);1H. The van der Waals surface area contributed by atoms with Crippen molar-refractivity contribution in [3.8, 4) is 0 Å². The van der Waals surface area contributed by atoms with Gasteiger partial charge in [0.25, 0.3) is 5.91 Å². The molecule has 1 fully saturated rings. The average molecular weight is 336 g/mol. The lowest BCUT2D eigenvalue weighted by Gasteiger charge is -2.28. The van der Waals surface area contributed by atoms with Gasteiger partial charge in [-0.05, 0) is 37.9 Å². The van der Waals surface area contributed by atoms with Crippen LogP contribution in [0.4, 0.5) is 0 Å². The van der Waals surface area contributed by atoms with Crippen LogP contribution in [-0.4, -0.2) is 39.3 Å². The molecule has 2 atom stereocenters. The molecule has 1 aliphatic rings. The highest BCUT2D eigenvalue weighted by atomic mass is 35.5. The van der Waals surface area contributed by atoms with Crippen molar-refractivity contribution in [2.75, 3.05) is 6.54 Å². The Morgan fingerprint density at radius 1 is 1.43 bits per heavy atom. The maximum absolute atomic E-state index is 12.6. The molecule has 0 saturated carbocycles. The van der Waals surface area contributed by atoms with E-state index in [2.05, 4.69) is 27.6 Å². The smallest absolute Gasteiger partial charge is 0.251 e. The van der Waals surface area contributed by atoms with E-state index in [-0.39, 0.29) is 24.4 Å². The van der Waals surface area contributed by atoms with Gasteiger partial charge in [0.1, 0.15) is 12.7 Å². The van der Waals surface area contributed by atoms with Crippen LogP contribution in [0.2, 0.25) is 0 Å². The maximum atomic E-state index is 12.6. The highest BCUT2D eigenvalue weighted by Gasteiger charge is 2.21. The molecule has 1 aromatic heterocycles. The summed E-state index contributed by atoms with van der Waals surface area (Å²) in [5.41, 5.74) is 1.66. The third-order valence-corrected chi connectivity index (χ3v) is 4.02. The van der Waals surface area contributed by atoms with Crippen LogP contribution in [0.25, 0.3) is 0 Å². The monoisotopic (exact) mass is 335 g/mol. The zero-order valence-corrected chi connectivity index (χ0v) is 13.9. The minimum Gasteiger partial charge on any atom is -0.349 e. The molecule has 1 amide bonds. The molecule has 1 aliphatic heterocycles. The van der Waals surface area contributed by atoms with Crippen LogP contribution in [0.15, 0.2) is 36.9 Å². The van der Waals surface area contributed by atoms with Gasteiger partial charge in [0.15, 0.2) is 0 Å². The van der Waals surface area contributed by atoms with Crippen molar-refractivity contribution in [3.63, 3.8) is 0 Å². The number of benzene rings is 1. The summed E-state index contributed by atoms with van der Waals surface area (Å²) in [6.45, 7) is 3.65. The van der Waals surface area contributed by atoms with E-state index in [4.69, 9.17) is 0 Å². The SMILES string of the molecule is CC1CC(NC(=O)c2ccccc2Cn2cncn2)CCN1.Cl. The van der Waals surface area contributed by atoms with Crippen LogP contribution in [-0.2, 0) is 6.54 Å². The van der Waals surface area contributed by atoms with E-state index in [0.29, 0.717) is 18.2 Å². The second-order valence-electron chi connectivity index (χ2n) is 5.80. The summed E-state index contributed by atoms with van der Waals surface area (Å²) in [6.07, 6.45) is 5.10. The number of hydrogen-bond acceptors (Lipinski definition) is 4. The zero-order chi connectivity index (χ0) is 15.4. The molecule has 2 unspecified atom stereocenters. The van der Waals surface area contributed by atoms with Crippen molar-refractivity contribution < 1.29 is 4.79 Å². The number of aromatic nitrogens is 3. The van der Waals surface area contributed by atoms with E-state index in [1.807, 2.05) is 24.3 Å². The largest absolute Gasteiger partial charge is 0.349 e. The van der Waals surface area contributed by atoms with Gasteiger partial charge in [-0.1, -0.05) is 18.2 Å². The number of nitrogens with zero attached hydrogens (tertiary/aromatic N) is 3. The molecule has 0 aliphatic carbocycles. The number of amides is 1. The molecule has 1 aromatic carbocycles. The number of halogens is 1. The van der Waals surface area contributed by atoms with E-state index >= 15 is 0 Å². The average Bonchev–Trinajstić information content (AvgIpc) is 3.01. The van der Waals surface area contributed by atoms with E-state index in [0.717, 1.165) is 24.9 Å². The van der Waals surface area contributed by atoms with Crippen molar-refractivity contribution in [1.82, 2.24) is 25.4 Å². The van der Waals surface area contributed by atoms with Gasteiger partial charge in [-0.15, -0.1) is 12.4 Å². The Kier molecular flexibility index (Phi) is 6.12. The Balaban J connectivity index is 0.00000192. The fraction of sp³-hybridized carbons (Fsp3) is 0.438. The van der Waals surface area contributed by atoms with Gasteiger partial charge < -0.3 is 10.6 Å². The lowest BCUT2D eigenvalue weighted by molar-refractivity contribution is 0.0924. The fourth-order valence-corrected chi connectivity index (χ4v) is 2.89. The first-order valence-electron chi connectivity index (χ1n) is 7.67. The Bertz CT molecular complexity index is 631. The van der Waals surface area contributed by atoms with E-state index in [9.17, 15) is 4.79 Å². The number of hydrogen-bond donors (Lipinski definition) is 2. The highest BCUT2D eigenvalue weighted by Crippen LogP contribution is 2.13. The summed E-state index contributed by atoms with van der Waals surface area (Å²) >= 11 is 0. The Morgan fingerprint density at radius 2 is 2.26 bits per heavy atom. The fourth-order valence-electron chi connectivity index (χ4n) is 2.89. The lowest BCUT2D eigenvalue weighted by Crippen LogP contribution is -2.46. The van der Waals surface area contributed by atoms with Gasteiger partial charge in [0, 0.05) is 17.6 Å². The van der Waals surface area contributed by atoms with Crippen molar-refractivity contribution in [2.45, 2.75) is 38.4 Å². The maximum Gasteiger partial charge on any atom is 0.251 e. The van der Waals surface area contributed by atoms with Crippen LogP contribution < -0.4 is 10.6 Å². The molecule has 2 heterocycles. The molecule has 0 bridgehead atoms. The molecule has 2 aromatic rings. The molecule has 124 valence electrons. The van der Waals surface area contributed by atoms with Gasteiger partial charge >= 0.3 is 0 Å². The second kappa shape index (κ2) is 8.08. The summed E-state index contributed by atoms with van der Waals surface area (Å²) in [5.74, 6) is -0.00480. The summed E-state index contributed by atoms with van der Waals surface area (Å²) in [4.78, 5) is 16.5. The third kappa shape index (κ3) is 4.53. The third-order valence-electron chi connectivity index (χ3n) is 4.02. The van der Waals surface area contributed by atoms with Gasteiger partial charge in [0.2, 0.25) is 0 Å². The Labute approximate surface area is 142 Å². The molecule has 23 heavy (non-hydrogen) atoms. The number of carbonyl (C=O) groups is 1. The molecule has 7 heteroatoms. The van der Waals surface area contributed by atoms with Crippen LogP contribution in [0.3, 0.4) is 0 Å². The van der Waals surface area contributed by atoms with Gasteiger partial charge in [-0.25, -0.2) is 9.67 Å². The van der Waals surface area contributed by atoms with Gasteiger partial charge in [-0.3, -0.25) is 4.79 Å². The van der Waals surface area contributed by atoms with Crippen LogP contribution in [0.1, 0.15) is 35.7 Å². The van der Waals surface area contributed by atoms with E-state index in [1.54, 1.807) is 11.0 Å². The van der Waals surface area contributed by atoms with E-state index < -0.39 is 0 Å². The number of nitrogens with one attached hydrogen (secondary N) is 2. The quantitative estimate of drug-likeness (QED) is 0.890. The first-order valence-corrected chi connectivity index (χ1v) is 7.67. The van der Waals surface area contributed by atoms with Crippen molar-refractivity contribution in [3.05, 3.63) is 48.0 Å². The predicted molar refractivity (Wildman–Crippen MR) is 90.8 cm³/mol. The molecule has 6 nitrogen and oxygen atoms in total. The summed E-state index contributed by atoms with van der Waals surface area (Å²) < 4.78 is 1.72.